The van der Waals surface area contributed by atoms with Crippen LogP contribution >= 0.6 is 0 Å². The fraction of sp³-hybridized carbons (Fsp3) is 0.361. The summed E-state index contributed by atoms with van der Waals surface area (Å²) >= 11 is 0. The summed E-state index contributed by atoms with van der Waals surface area (Å²) in [7, 11) is 1.27. The van der Waals surface area contributed by atoms with Gasteiger partial charge in [0.1, 0.15) is 23.5 Å². The number of halogens is 1. The molecule has 2 saturated heterocycles. The smallest absolute Gasteiger partial charge is 0.407 e. The molecule has 48 heavy (non-hydrogen) atoms. The fourth-order valence-corrected chi connectivity index (χ4v) is 6.77. The summed E-state index contributed by atoms with van der Waals surface area (Å²) in [6, 6.07) is 12.5. The number of H-pyrrole nitrogens is 2. The molecular formula is C36H39FN8O3. The summed E-state index contributed by atoms with van der Waals surface area (Å²) in [6.45, 7) is 5.30. The van der Waals surface area contributed by atoms with Gasteiger partial charge in [-0.3, -0.25) is 9.78 Å². The van der Waals surface area contributed by atoms with Crippen molar-refractivity contribution in [3.05, 3.63) is 78.5 Å². The number of nitrogens with one attached hydrogen (secondary N) is 4. The Morgan fingerprint density at radius 3 is 2.48 bits per heavy atom. The van der Waals surface area contributed by atoms with Gasteiger partial charge < -0.3 is 30.2 Å². The lowest BCUT2D eigenvalue weighted by Crippen LogP contribution is -2.51. The van der Waals surface area contributed by atoms with Gasteiger partial charge in [-0.15, -0.1) is 0 Å². The molecule has 5 aromatic rings. The predicted octanol–water partition coefficient (Wildman–Crippen LogP) is 6.29. The Balaban J connectivity index is 1.08. The molecule has 0 saturated carbocycles. The van der Waals surface area contributed by atoms with Gasteiger partial charge in [0.25, 0.3) is 0 Å². The molecule has 0 unspecified atom stereocenters. The number of aromatic nitrogens is 5. The lowest BCUT2D eigenvalue weighted by molar-refractivity contribution is -0.135. The molecule has 2 fully saturated rings. The highest BCUT2D eigenvalue weighted by molar-refractivity contribution is 5.89. The molecule has 248 valence electrons. The highest BCUT2D eigenvalue weighted by Crippen LogP contribution is 2.34. The van der Waals surface area contributed by atoms with Crippen LogP contribution in [0, 0.1) is 11.7 Å². The first-order valence-electron chi connectivity index (χ1n) is 16.5. The van der Waals surface area contributed by atoms with Gasteiger partial charge in [-0.2, -0.15) is 0 Å². The zero-order chi connectivity index (χ0) is 33.4. The van der Waals surface area contributed by atoms with Gasteiger partial charge in [-0.05, 0) is 67.8 Å². The summed E-state index contributed by atoms with van der Waals surface area (Å²) in [4.78, 5) is 47.6. The number of rotatable bonds is 8. The Hall–Kier alpha value is -5.10. The number of carbonyl (C=O) groups excluding carboxylic acids is 2. The number of methoxy groups -OCH3 is 1. The van der Waals surface area contributed by atoms with Crippen LogP contribution in [0.4, 0.5) is 9.18 Å². The summed E-state index contributed by atoms with van der Waals surface area (Å²) < 4.78 is 20.3. The van der Waals surface area contributed by atoms with Crippen LogP contribution in [0.25, 0.3) is 44.5 Å². The molecule has 2 amide bonds. The summed E-state index contributed by atoms with van der Waals surface area (Å²) in [5.74, 6) is 0.804. The molecule has 2 aromatic carbocycles. The second kappa shape index (κ2) is 13.2. The number of nitrogens with zero attached hydrogens (tertiary/aromatic N) is 4. The Morgan fingerprint density at radius 2 is 1.71 bits per heavy atom. The van der Waals surface area contributed by atoms with E-state index in [1.165, 1.54) is 13.2 Å². The highest BCUT2D eigenvalue weighted by atomic mass is 19.1. The van der Waals surface area contributed by atoms with E-state index in [-0.39, 0.29) is 23.9 Å². The Bertz CT molecular complexity index is 1960. The normalized spacial score (nSPS) is 18.5. The lowest BCUT2D eigenvalue weighted by Gasteiger charge is -2.30. The van der Waals surface area contributed by atoms with Crippen LogP contribution in [0.3, 0.4) is 0 Å². The molecule has 5 heterocycles. The number of hydrogen-bond acceptors (Lipinski definition) is 7. The van der Waals surface area contributed by atoms with E-state index < -0.39 is 18.0 Å². The lowest BCUT2D eigenvalue weighted by atomic mass is 10.0. The minimum atomic E-state index is -0.730. The van der Waals surface area contributed by atoms with E-state index >= 15 is 4.39 Å². The number of alkyl carbamates (subject to hydrolysis) is 1. The molecular weight excluding hydrogens is 611 g/mol. The van der Waals surface area contributed by atoms with Gasteiger partial charge in [-0.25, -0.2) is 19.2 Å². The zero-order valence-electron chi connectivity index (χ0n) is 27.2. The van der Waals surface area contributed by atoms with E-state index in [4.69, 9.17) is 4.74 Å². The van der Waals surface area contributed by atoms with Crippen LogP contribution in [-0.2, 0) is 9.53 Å². The second-order valence-electron chi connectivity index (χ2n) is 12.9. The van der Waals surface area contributed by atoms with E-state index in [0.29, 0.717) is 41.3 Å². The van der Waals surface area contributed by atoms with Crippen LogP contribution in [0.15, 0.2) is 61.1 Å². The number of ether oxygens (including phenoxy) is 1. The number of benzene rings is 2. The van der Waals surface area contributed by atoms with Crippen molar-refractivity contribution in [3.8, 4) is 33.8 Å². The molecule has 0 radical (unpaired) electrons. The van der Waals surface area contributed by atoms with Crippen molar-refractivity contribution in [1.82, 2.24) is 40.5 Å². The van der Waals surface area contributed by atoms with E-state index in [1.807, 2.05) is 44.4 Å². The topological polar surface area (TPSA) is 141 Å². The van der Waals surface area contributed by atoms with Gasteiger partial charge in [-0.1, -0.05) is 32.0 Å². The van der Waals surface area contributed by atoms with Gasteiger partial charge in [0.05, 0.1) is 48.7 Å². The number of likely N-dealkylation sites (tertiary alicyclic amines) is 1. The molecule has 12 heteroatoms. The van der Waals surface area contributed by atoms with Gasteiger partial charge >= 0.3 is 6.09 Å². The van der Waals surface area contributed by atoms with Crippen molar-refractivity contribution in [2.45, 2.75) is 57.7 Å². The molecule has 2 aliphatic heterocycles. The fourth-order valence-electron chi connectivity index (χ4n) is 6.77. The van der Waals surface area contributed by atoms with Gasteiger partial charge in [0.2, 0.25) is 5.91 Å². The van der Waals surface area contributed by atoms with Crippen LogP contribution in [0.1, 0.15) is 63.3 Å². The molecule has 7 rings (SSSR count). The van der Waals surface area contributed by atoms with E-state index in [0.717, 1.165) is 53.7 Å². The predicted molar refractivity (Wildman–Crippen MR) is 180 cm³/mol. The SMILES string of the molecule is COC(=O)N[C@H](C(=O)N1CCC[C@H]1c1ncc(-c2ccc(-c3cc4ccc(-c5cnc([C@@H]6CCCN6)[nH]5)cc4cn3)cc2F)[nH]1)C(C)C. The monoisotopic (exact) mass is 650 g/mol. The largest absolute Gasteiger partial charge is 0.453 e. The third-order valence-electron chi connectivity index (χ3n) is 9.41. The standard InChI is InChI=1S/C36H39FN8O3/c1-20(2)32(44-36(47)48-3)35(46)45-13-5-7-31(45)34-41-19-30(43-34)25-11-10-23(15-26(25)37)28-16-21-8-9-22(14-24(21)17-39-28)29-18-40-33(42-29)27-6-4-12-38-27/h8-11,14-20,27,31-32,38H,4-7,12-13H2,1-3H3,(H,40,42)(H,41,43)(H,44,47)/t27-,31-,32-/m0/s1. The van der Waals surface area contributed by atoms with Crippen LogP contribution in [0.5, 0.6) is 0 Å². The van der Waals surface area contributed by atoms with E-state index in [2.05, 4.69) is 47.7 Å². The maximum absolute atomic E-state index is 15.6. The number of imidazole rings is 2. The molecule has 3 aromatic heterocycles. The Kier molecular flexibility index (Phi) is 8.65. The summed E-state index contributed by atoms with van der Waals surface area (Å²) in [5, 5.41) is 8.11. The van der Waals surface area contributed by atoms with Crippen LogP contribution in [-0.4, -0.2) is 68.1 Å². The van der Waals surface area contributed by atoms with Crippen molar-refractivity contribution in [2.75, 3.05) is 20.2 Å². The Morgan fingerprint density at radius 1 is 0.917 bits per heavy atom. The molecule has 0 spiro atoms. The first kappa shape index (κ1) is 31.5. The zero-order valence-corrected chi connectivity index (χ0v) is 27.2. The second-order valence-corrected chi connectivity index (χ2v) is 12.9. The van der Waals surface area contributed by atoms with Crippen molar-refractivity contribution in [2.24, 2.45) is 5.92 Å². The number of carbonyl (C=O) groups is 2. The Labute approximate surface area is 277 Å². The van der Waals surface area contributed by atoms with Crippen LogP contribution < -0.4 is 10.6 Å². The highest BCUT2D eigenvalue weighted by Gasteiger charge is 2.37. The molecule has 0 aliphatic carbocycles. The van der Waals surface area contributed by atoms with Crippen molar-refractivity contribution in [3.63, 3.8) is 0 Å². The quantitative estimate of drug-likeness (QED) is 0.155. The summed E-state index contributed by atoms with van der Waals surface area (Å²) in [6.07, 6.45) is 8.38. The molecule has 11 nitrogen and oxygen atoms in total. The van der Waals surface area contributed by atoms with Crippen molar-refractivity contribution in [1.29, 1.82) is 0 Å². The van der Waals surface area contributed by atoms with Gasteiger partial charge in [0.15, 0.2) is 0 Å². The molecule has 3 atom stereocenters. The number of hydrogen-bond donors (Lipinski definition) is 4. The number of pyridine rings is 1. The minimum absolute atomic E-state index is 0.137. The average molecular weight is 651 g/mol. The number of fused-ring (bicyclic) bond motifs is 1. The first-order chi connectivity index (χ1) is 23.3. The van der Waals surface area contributed by atoms with Crippen LogP contribution in [0.2, 0.25) is 0 Å². The van der Waals surface area contributed by atoms with Gasteiger partial charge in [0, 0.05) is 34.8 Å². The van der Waals surface area contributed by atoms with E-state index in [1.54, 1.807) is 17.2 Å². The number of amides is 2. The average Bonchev–Trinajstić information content (AvgIpc) is 3.93. The first-order valence-corrected chi connectivity index (χ1v) is 16.5. The third kappa shape index (κ3) is 6.15. The van der Waals surface area contributed by atoms with Crippen molar-refractivity contribution >= 4 is 22.8 Å². The minimum Gasteiger partial charge on any atom is -0.453 e. The number of aromatic amines is 2. The third-order valence-corrected chi connectivity index (χ3v) is 9.41. The maximum Gasteiger partial charge on any atom is 0.407 e. The van der Waals surface area contributed by atoms with Crippen molar-refractivity contribution < 1.29 is 18.7 Å². The maximum atomic E-state index is 15.6. The van der Waals surface area contributed by atoms with E-state index in [9.17, 15) is 9.59 Å². The molecule has 4 N–H and O–H groups in total. The summed E-state index contributed by atoms with van der Waals surface area (Å²) in [5.41, 5.74) is 4.22. The molecule has 2 aliphatic rings. The molecule has 0 bridgehead atoms.